The van der Waals surface area contributed by atoms with Gasteiger partial charge < -0.3 is 8.98 Å². The van der Waals surface area contributed by atoms with Crippen LogP contribution in [-0.4, -0.2) is 16.4 Å². The number of imide groups is 1. The van der Waals surface area contributed by atoms with Gasteiger partial charge in [0.25, 0.3) is 11.8 Å². The molecule has 0 unspecified atom stereocenters. The maximum atomic E-state index is 13.0. The van der Waals surface area contributed by atoms with Gasteiger partial charge in [0.2, 0.25) is 0 Å². The zero-order valence-electron chi connectivity index (χ0n) is 19.5. The molecular weight excluding hydrogens is 460 g/mol. The molecule has 0 N–H and O–H groups in total. The van der Waals surface area contributed by atoms with E-state index in [1.807, 2.05) is 54.6 Å². The van der Waals surface area contributed by atoms with E-state index in [2.05, 4.69) is 34.9 Å². The van der Waals surface area contributed by atoms with Gasteiger partial charge in [-0.1, -0.05) is 48.5 Å². The summed E-state index contributed by atoms with van der Waals surface area (Å²) in [4.78, 5) is 27.2. The molecule has 1 aliphatic heterocycles. The summed E-state index contributed by atoms with van der Waals surface area (Å²) in [5.41, 5.74) is 6.24. The number of rotatable bonds is 2. The van der Waals surface area contributed by atoms with Gasteiger partial charge in [-0.2, -0.15) is 0 Å². The third kappa shape index (κ3) is 2.68. The maximum Gasteiger partial charge on any atom is 0.266 e. The largest absolute Gasteiger partial charge is 0.456 e. The first-order chi connectivity index (χ1) is 18.2. The predicted octanol–water partition coefficient (Wildman–Crippen LogP) is 7.48. The average Bonchev–Trinajstić information content (AvgIpc) is 3.55. The number of carbonyl (C=O) groups excluding carboxylic acids is 2. The van der Waals surface area contributed by atoms with Crippen molar-refractivity contribution < 1.29 is 14.0 Å². The van der Waals surface area contributed by atoms with Crippen molar-refractivity contribution in [3.63, 3.8) is 0 Å². The van der Waals surface area contributed by atoms with Crippen molar-refractivity contribution in [1.29, 1.82) is 0 Å². The highest BCUT2D eigenvalue weighted by Gasteiger charge is 2.36. The highest BCUT2D eigenvalue weighted by molar-refractivity contribution is 6.34. The van der Waals surface area contributed by atoms with E-state index >= 15 is 0 Å². The SMILES string of the molecule is O=C1c2ccccc2C(=O)N1c1ccc(-n2c3ccccc3c3cc4oc5ccccc5c4cc32)cc1. The Labute approximate surface area is 210 Å². The zero-order chi connectivity index (χ0) is 24.7. The van der Waals surface area contributed by atoms with Gasteiger partial charge in [0, 0.05) is 27.2 Å². The fourth-order valence-electron chi connectivity index (χ4n) is 5.64. The van der Waals surface area contributed by atoms with Gasteiger partial charge in [-0.3, -0.25) is 9.59 Å². The lowest BCUT2D eigenvalue weighted by Gasteiger charge is -2.15. The van der Waals surface area contributed by atoms with Gasteiger partial charge in [0.1, 0.15) is 11.2 Å². The summed E-state index contributed by atoms with van der Waals surface area (Å²) in [6.07, 6.45) is 0. The molecule has 7 aromatic rings. The van der Waals surface area contributed by atoms with E-state index in [9.17, 15) is 9.59 Å². The fourth-order valence-corrected chi connectivity index (χ4v) is 5.64. The number of hydrogen-bond acceptors (Lipinski definition) is 3. The van der Waals surface area contributed by atoms with Crippen molar-refractivity contribution in [3.8, 4) is 5.69 Å². The van der Waals surface area contributed by atoms with E-state index in [4.69, 9.17) is 4.42 Å². The van der Waals surface area contributed by atoms with Crippen molar-refractivity contribution in [2.75, 3.05) is 4.90 Å². The summed E-state index contributed by atoms with van der Waals surface area (Å²) in [6.45, 7) is 0. The molecule has 5 nitrogen and oxygen atoms in total. The van der Waals surface area contributed by atoms with Crippen molar-refractivity contribution in [1.82, 2.24) is 4.57 Å². The monoisotopic (exact) mass is 478 g/mol. The van der Waals surface area contributed by atoms with Gasteiger partial charge in [0.05, 0.1) is 27.8 Å². The van der Waals surface area contributed by atoms with Gasteiger partial charge in [-0.05, 0) is 60.7 Å². The summed E-state index contributed by atoms with van der Waals surface area (Å²) in [5, 5.41) is 4.38. The zero-order valence-corrected chi connectivity index (χ0v) is 19.5. The van der Waals surface area contributed by atoms with E-state index in [0.717, 1.165) is 49.4 Å². The molecule has 5 heteroatoms. The van der Waals surface area contributed by atoms with Crippen LogP contribution in [0.2, 0.25) is 0 Å². The molecule has 3 heterocycles. The first-order valence-corrected chi connectivity index (χ1v) is 12.1. The van der Waals surface area contributed by atoms with Crippen LogP contribution in [0, 0.1) is 0 Å². The van der Waals surface area contributed by atoms with Gasteiger partial charge in [-0.15, -0.1) is 0 Å². The lowest BCUT2D eigenvalue weighted by molar-refractivity contribution is 0.0926. The van der Waals surface area contributed by atoms with Crippen molar-refractivity contribution in [2.45, 2.75) is 0 Å². The molecule has 0 saturated heterocycles. The minimum absolute atomic E-state index is 0.292. The number of furan rings is 1. The van der Waals surface area contributed by atoms with Crippen molar-refractivity contribution >= 4 is 61.2 Å². The number of nitrogens with zero attached hydrogens (tertiary/aromatic N) is 2. The predicted molar refractivity (Wildman–Crippen MR) is 146 cm³/mol. The van der Waals surface area contributed by atoms with E-state index in [1.165, 1.54) is 4.90 Å². The highest BCUT2D eigenvalue weighted by Crippen LogP contribution is 2.38. The Hall–Kier alpha value is -5.16. The van der Waals surface area contributed by atoms with Gasteiger partial charge >= 0.3 is 0 Å². The normalized spacial score (nSPS) is 13.5. The number of hydrogen-bond donors (Lipinski definition) is 0. The minimum Gasteiger partial charge on any atom is -0.456 e. The van der Waals surface area contributed by atoms with Gasteiger partial charge in [-0.25, -0.2) is 4.90 Å². The number of fused-ring (bicyclic) bond motifs is 7. The second kappa shape index (κ2) is 7.18. The summed E-state index contributed by atoms with van der Waals surface area (Å²) in [5.74, 6) is -0.584. The Morgan fingerprint density at radius 3 is 1.86 bits per heavy atom. The van der Waals surface area contributed by atoms with Crippen LogP contribution in [0.5, 0.6) is 0 Å². The molecule has 0 radical (unpaired) electrons. The Morgan fingerprint density at radius 2 is 1.11 bits per heavy atom. The Kier molecular flexibility index (Phi) is 3.90. The third-order valence-corrected chi connectivity index (χ3v) is 7.33. The number of para-hydroxylation sites is 2. The fraction of sp³-hybridized carbons (Fsp3) is 0. The van der Waals surface area contributed by atoms with Crippen LogP contribution in [0.3, 0.4) is 0 Å². The summed E-state index contributed by atoms with van der Waals surface area (Å²) < 4.78 is 8.39. The quantitative estimate of drug-likeness (QED) is 0.242. The van der Waals surface area contributed by atoms with Gasteiger partial charge in [0.15, 0.2) is 0 Å². The summed E-state index contributed by atoms with van der Waals surface area (Å²) in [7, 11) is 0. The second-order valence-electron chi connectivity index (χ2n) is 9.32. The lowest BCUT2D eigenvalue weighted by atomic mass is 10.1. The van der Waals surface area contributed by atoms with Crippen LogP contribution in [0.15, 0.2) is 114 Å². The molecule has 37 heavy (non-hydrogen) atoms. The molecule has 0 saturated carbocycles. The molecule has 0 fully saturated rings. The van der Waals surface area contributed by atoms with E-state index < -0.39 is 0 Å². The number of amides is 2. The maximum absolute atomic E-state index is 13.0. The van der Waals surface area contributed by atoms with E-state index in [0.29, 0.717) is 16.8 Å². The third-order valence-electron chi connectivity index (χ3n) is 7.33. The van der Waals surface area contributed by atoms with Crippen LogP contribution >= 0.6 is 0 Å². The lowest BCUT2D eigenvalue weighted by Crippen LogP contribution is -2.29. The van der Waals surface area contributed by atoms with Crippen LogP contribution in [0.4, 0.5) is 5.69 Å². The number of carbonyl (C=O) groups is 2. The molecule has 5 aromatic carbocycles. The summed E-state index contributed by atoms with van der Waals surface area (Å²) in [6, 6.07) is 35.2. The Morgan fingerprint density at radius 1 is 0.486 bits per heavy atom. The molecule has 2 aromatic heterocycles. The van der Waals surface area contributed by atoms with Crippen LogP contribution < -0.4 is 4.90 Å². The molecule has 8 rings (SSSR count). The molecule has 2 amide bonds. The van der Waals surface area contributed by atoms with E-state index in [1.54, 1.807) is 24.3 Å². The van der Waals surface area contributed by atoms with Crippen LogP contribution in [-0.2, 0) is 0 Å². The topological polar surface area (TPSA) is 55.5 Å². The number of benzene rings is 5. The Balaban J connectivity index is 1.32. The summed E-state index contributed by atoms with van der Waals surface area (Å²) >= 11 is 0. The van der Waals surface area contributed by atoms with E-state index in [-0.39, 0.29) is 11.8 Å². The molecule has 0 atom stereocenters. The van der Waals surface area contributed by atoms with Crippen LogP contribution in [0.25, 0.3) is 49.4 Å². The minimum atomic E-state index is -0.292. The molecule has 174 valence electrons. The molecular formula is C32H18N2O3. The number of anilines is 1. The van der Waals surface area contributed by atoms with Crippen molar-refractivity contribution in [3.05, 3.63) is 120 Å². The standard InChI is InChI=1S/C32H18N2O3/c35-31-23-9-1-2-10-24(23)32(36)34(31)20-15-13-19(14-16-20)33-27-11-5-3-7-21(27)25-18-30-26(17-28(25)33)22-8-4-6-12-29(22)37-30/h1-18H. The first-order valence-electron chi connectivity index (χ1n) is 12.1. The molecule has 1 aliphatic rings. The first kappa shape index (κ1) is 20.1. The Bertz CT molecular complexity index is 2040. The van der Waals surface area contributed by atoms with Crippen molar-refractivity contribution in [2.24, 2.45) is 0 Å². The average molecular weight is 479 g/mol. The second-order valence-corrected chi connectivity index (χ2v) is 9.32. The number of aromatic nitrogens is 1. The highest BCUT2D eigenvalue weighted by atomic mass is 16.3. The van der Waals surface area contributed by atoms with Crippen LogP contribution in [0.1, 0.15) is 20.7 Å². The smallest absolute Gasteiger partial charge is 0.266 e. The molecule has 0 bridgehead atoms. The molecule has 0 aliphatic carbocycles. The molecule has 0 spiro atoms.